The van der Waals surface area contributed by atoms with Gasteiger partial charge in [-0.25, -0.2) is 8.78 Å². The molecule has 2 aromatic rings. The van der Waals surface area contributed by atoms with E-state index in [1.54, 1.807) is 11.0 Å². The van der Waals surface area contributed by atoms with Crippen LogP contribution in [0.3, 0.4) is 0 Å². The highest BCUT2D eigenvalue weighted by atomic mass is 35.5. The van der Waals surface area contributed by atoms with Gasteiger partial charge in [-0.15, -0.1) is 0 Å². The molecule has 0 bridgehead atoms. The van der Waals surface area contributed by atoms with Crippen LogP contribution in [0.1, 0.15) is 34.8 Å². The zero-order valence-corrected chi connectivity index (χ0v) is 15.3. The van der Waals surface area contributed by atoms with E-state index < -0.39 is 17.4 Å². The minimum Gasteiger partial charge on any atom is -0.333 e. The maximum absolute atomic E-state index is 13.3. The summed E-state index contributed by atoms with van der Waals surface area (Å²) < 4.78 is 26.3. The highest BCUT2D eigenvalue weighted by Gasteiger charge is 2.28. The number of nitrogens with one attached hydrogen (secondary N) is 1. The van der Waals surface area contributed by atoms with Crippen LogP contribution in [0.2, 0.25) is 5.02 Å². The van der Waals surface area contributed by atoms with Gasteiger partial charge < -0.3 is 10.2 Å². The third-order valence-electron chi connectivity index (χ3n) is 4.60. The van der Waals surface area contributed by atoms with Gasteiger partial charge in [-0.1, -0.05) is 23.7 Å². The van der Waals surface area contributed by atoms with Gasteiger partial charge in [0, 0.05) is 43.1 Å². The van der Waals surface area contributed by atoms with Crippen molar-refractivity contribution < 1.29 is 18.4 Å². The van der Waals surface area contributed by atoms with Crippen molar-refractivity contribution in [3.05, 3.63) is 70.2 Å². The van der Waals surface area contributed by atoms with Crippen molar-refractivity contribution in [3.63, 3.8) is 0 Å². The van der Waals surface area contributed by atoms with Gasteiger partial charge in [0.1, 0.15) is 0 Å². The maximum Gasteiger partial charge on any atom is 0.223 e. The number of carbonyl (C=O) groups is 2. The molecule has 0 saturated carbocycles. The largest absolute Gasteiger partial charge is 0.333 e. The summed E-state index contributed by atoms with van der Waals surface area (Å²) in [6, 6.07) is 10.2. The summed E-state index contributed by atoms with van der Waals surface area (Å²) in [5.74, 6) is -2.63. The summed E-state index contributed by atoms with van der Waals surface area (Å²) in [4.78, 5) is 26.6. The van der Waals surface area contributed by atoms with Crippen LogP contribution in [0.15, 0.2) is 42.5 Å². The van der Waals surface area contributed by atoms with Gasteiger partial charge in [-0.2, -0.15) is 0 Å². The molecular formula is C20H19ClF2N2O2. The van der Waals surface area contributed by atoms with Gasteiger partial charge >= 0.3 is 0 Å². The molecular weight excluding hydrogens is 374 g/mol. The molecule has 1 heterocycles. The topological polar surface area (TPSA) is 49.4 Å². The molecule has 0 aliphatic carbocycles. The van der Waals surface area contributed by atoms with E-state index in [0.717, 1.165) is 17.7 Å². The van der Waals surface area contributed by atoms with Gasteiger partial charge in [0.25, 0.3) is 0 Å². The predicted octanol–water partition coefficient (Wildman–Crippen LogP) is 3.75. The normalized spacial score (nSPS) is 17.0. The van der Waals surface area contributed by atoms with Crippen LogP contribution in [-0.4, -0.2) is 36.2 Å². The van der Waals surface area contributed by atoms with Gasteiger partial charge in [0.15, 0.2) is 17.4 Å². The highest BCUT2D eigenvalue weighted by molar-refractivity contribution is 6.30. The van der Waals surface area contributed by atoms with Crippen LogP contribution in [0, 0.1) is 11.6 Å². The van der Waals surface area contributed by atoms with E-state index in [2.05, 4.69) is 5.32 Å². The molecule has 2 aromatic carbocycles. The molecule has 0 radical (unpaired) electrons. The number of carbonyl (C=O) groups excluding carboxylic acids is 2. The molecule has 1 fully saturated rings. The first kappa shape index (κ1) is 19.5. The van der Waals surface area contributed by atoms with Crippen molar-refractivity contribution in [2.75, 3.05) is 19.6 Å². The third kappa shape index (κ3) is 4.70. The van der Waals surface area contributed by atoms with Gasteiger partial charge in [0.05, 0.1) is 6.04 Å². The van der Waals surface area contributed by atoms with Crippen LogP contribution in [0.25, 0.3) is 0 Å². The zero-order valence-electron chi connectivity index (χ0n) is 14.6. The molecule has 27 heavy (non-hydrogen) atoms. The van der Waals surface area contributed by atoms with Crippen molar-refractivity contribution in [2.45, 2.75) is 18.9 Å². The summed E-state index contributed by atoms with van der Waals surface area (Å²) in [5, 5.41) is 3.86. The smallest absolute Gasteiger partial charge is 0.223 e. The van der Waals surface area contributed by atoms with E-state index in [0.29, 0.717) is 24.7 Å². The molecule has 142 valence electrons. The summed E-state index contributed by atoms with van der Waals surface area (Å²) in [5.41, 5.74) is 0.989. The van der Waals surface area contributed by atoms with E-state index in [1.165, 1.54) is 6.07 Å². The molecule has 1 aliphatic heterocycles. The lowest BCUT2D eigenvalue weighted by Crippen LogP contribution is -2.48. The summed E-state index contributed by atoms with van der Waals surface area (Å²) in [7, 11) is 0. The summed E-state index contributed by atoms with van der Waals surface area (Å²) in [6.45, 7) is 1.79. The first-order valence-electron chi connectivity index (χ1n) is 8.69. The number of nitrogens with zero attached hydrogens (tertiary/aromatic N) is 1. The Hall–Kier alpha value is -2.31. The Morgan fingerprint density at radius 1 is 1.11 bits per heavy atom. The van der Waals surface area contributed by atoms with Crippen LogP contribution >= 0.6 is 11.6 Å². The number of amides is 1. The van der Waals surface area contributed by atoms with Crippen molar-refractivity contribution in [3.8, 4) is 0 Å². The molecule has 0 aromatic heterocycles. The number of hydrogen-bond donors (Lipinski definition) is 1. The Morgan fingerprint density at radius 2 is 1.93 bits per heavy atom. The second-order valence-electron chi connectivity index (χ2n) is 6.41. The molecule has 0 spiro atoms. The summed E-state index contributed by atoms with van der Waals surface area (Å²) in [6.07, 6.45) is -0.0506. The second kappa shape index (κ2) is 8.59. The lowest BCUT2D eigenvalue weighted by molar-refractivity contribution is -0.134. The monoisotopic (exact) mass is 392 g/mol. The second-order valence-corrected chi connectivity index (χ2v) is 6.85. The SMILES string of the molecule is O=C(CCC(=O)N1CCNCC1c1cccc(Cl)c1)c1ccc(F)c(F)c1. The van der Waals surface area contributed by atoms with Crippen LogP contribution < -0.4 is 5.32 Å². The Balaban J connectivity index is 1.66. The van der Waals surface area contributed by atoms with Crippen molar-refractivity contribution >= 4 is 23.3 Å². The van der Waals surface area contributed by atoms with E-state index in [9.17, 15) is 18.4 Å². The van der Waals surface area contributed by atoms with Gasteiger partial charge in [-0.05, 0) is 35.9 Å². The first-order chi connectivity index (χ1) is 13.0. The molecule has 3 rings (SSSR count). The van der Waals surface area contributed by atoms with E-state index >= 15 is 0 Å². The lowest BCUT2D eigenvalue weighted by atomic mass is 10.0. The average molecular weight is 393 g/mol. The van der Waals surface area contributed by atoms with Crippen molar-refractivity contribution in [1.29, 1.82) is 0 Å². The maximum atomic E-state index is 13.3. The Bertz CT molecular complexity index is 860. The van der Waals surface area contributed by atoms with Crippen LogP contribution in [0.5, 0.6) is 0 Å². The molecule has 1 atom stereocenters. The minimum absolute atomic E-state index is 0.00882. The fourth-order valence-corrected chi connectivity index (χ4v) is 3.39. The van der Waals surface area contributed by atoms with Crippen LogP contribution in [-0.2, 0) is 4.79 Å². The molecule has 1 unspecified atom stereocenters. The first-order valence-corrected chi connectivity index (χ1v) is 9.07. The highest BCUT2D eigenvalue weighted by Crippen LogP contribution is 2.25. The number of rotatable bonds is 5. The fraction of sp³-hybridized carbons (Fsp3) is 0.300. The van der Waals surface area contributed by atoms with Gasteiger partial charge in [0.2, 0.25) is 5.91 Å². The molecule has 1 amide bonds. The molecule has 4 nitrogen and oxygen atoms in total. The predicted molar refractivity (Wildman–Crippen MR) is 98.7 cm³/mol. The van der Waals surface area contributed by atoms with Crippen molar-refractivity contribution in [2.24, 2.45) is 0 Å². The van der Waals surface area contributed by atoms with Crippen LogP contribution in [0.4, 0.5) is 8.78 Å². The molecule has 1 aliphatic rings. The molecule has 7 heteroatoms. The third-order valence-corrected chi connectivity index (χ3v) is 4.84. The van der Waals surface area contributed by atoms with E-state index in [-0.39, 0.29) is 30.4 Å². The van der Waals surface area contributed by atoms with E-state index in [4.69, 9.17) is 11.6 Å². The number of benzene rings is 2. The number of halogens is 3. The lowest BCUT2D eigenvalue weighted by Gasteiger charge is -2.36. The molecule has 1 N–H and O–H groups in total. The number of ketones is 1. The Morgan fingerprint density at radius 3 is 2.67 bits per heavy atom. The van der Waals surface area contributed by atoms with Gasteiger partial charge in [-0.3, -0.25) is 9.59 Å². The molecule has 1 saturated heterocycles. The minimum atomic E-state index is -1.07. The standard InChI is InChI=1S/C20H19ClF2N2O2/c21-15-3-1-2-13(10-15)18-12-24-8-9-25(18)20(27)7-6-19(26)14-4-5-16(22)17(23)11-14/h1-5,10-11,18,24H,6-9,12H2. The quantitative estimate of drug-likeness (QED) is 0.788. The zero-order chi connectivity index (χ0) is 19.4. The summed E-state index contributed by atoms with van der Waals surface area (Å²) >= 11 is 6.06. The van der Waals surface area contributed by atoms with E-state index in [1.807, 2.05) is 18.2 Å². The Labute approximate surface area is 161 Å². The van der Waals surface area contributed by atoms with Crippen molar-refractivity contribution in [1.82, 2.24) is 10.2 Å². The fourth-order valence-electron chi connectivity index (χ4n) is 3.19. The Kier molecular flexibility index (Phi) is 6.19. The number of piperazine rings is 1. The number of hydrogen-bond acceptors (Lipinski definition) is 3. The average Bonchev–Trinajstić information content (AvgIpc) is 2.68. The number of Topliss-reactive ketones (excluding diaryl/α,β-unsaturated/α-hetero) is 1.